The fourth-order valence-corrected chi connectivity index (χ4v) is 4.48. The van der Waals surface area contributed by atoms with Gasteiger partial charge in [-0.15, -0.1) is 0 Å². The quantitative estimate of drug-likeness (QED) is 0.475. The number of carbonyl (C=O) groups is 3. The molecule has 0 spiro atoms. The smallest absolute Gasteiger partial charge is 0.407 e. The van der Waals surface area contributed by atoms with E-state index in [4.69, 9.17) is 9.47 Å². The Morgan fingerprint density at radius 2 is 1.57 bits per heavy atom. The highest BCUT2D eigenvalue weighted by Gasteiger charge is 2.31. The number of hydrogen-bond acceptors (Lipinski definition) is 5. The van der Waals surface area contributed by atoms with E-state index >= 15 is 0 Å². The number of aliphatic carboxylic acids is 1. The van der Waals surface area contributed by atoms with Crippen LogP contribution in [0.3, 0.4) is 0 Å². The predicted octanol–water partition coefficient (Wildman–Crippen LogP) is 3.79. The first-order valence-corrected chi connectivity index (χ1v) is 11.7. The van der Waals surface area contributed by atoms with Crippen molar-refractivity contribution >= 4 is 18.0 Å². The summed E-state index contributed by atoms with van der Waals surface area (Å²) in [5.74, 6) is -2.33. The first-order valence-electron chi connectivity index (χ1n) is 11.7. The number of benzene rings is 2. The van der Waals surface area contributed by atoms with Crippen molar-refractivity contribution in [1.29, 1.82) is 0 Å². The molecule has 1 aliphatic rings. The van der Waals surface area contributed by atoms with Crippen LogP contribution in [0.5, 0.6) is 0 Å². The van der Waals surface area contributed by atoms with Gasteiger partial charge in [-0.3, -0.25) is 4.79 Å². The SMILES string of the molecule is COCC(NC(=O)C(CNC(=O)OCC1c2ccccc2-c2ccccc21)CC(C)(C)C)C(=O)O. The summed E-state index contributed by atoms with van der Waals surface area (Å²) >= 11 is 0. The van der Waals surface area contributed by atoms with Crippen LogP contribution in [-0.4, -0.2) is 56.0 Å². The van der Waals surface area contributed by atoms with E-state index < -0.39 is 29.9 Å². The minimum Gasteiger partial charge on any atom is -0.480 e. The highest BCUT2D eigenvalue weighted by Crippen LogP contribution is 2.44. The molecule has 2 aromatic rings. The Labute approximate surface area is 206 Å². The molecule has 8 nitrogen and oxygen atoms in total. The third kappa shape index (κ3) is 6.82. The van der Waals surface area contributed by atoms with Gasteiger partial charge in [0.05, 0.1) is 12.5 Å². The van der Waals surface area contributed by atoms with Crippen LogP contribution in [0, 0.1) is 11.3 Å². The second kappa shape index (κ2) is 11.4. The van der Waals surface area contributed by atoms with Crippen LogP contribution in [0.25, 0.3) is 11.1 Å². The highest BCUT2D eigenvalue weighted by molar-refractivity contribution is 5.85. The number of carboxylic acids is 1. The maximum atomic E-state index is 12.8. The maximum absolute atomic E-state index is 12.8. The first kappa shape index (κ1) is 26.2. The van der Waals surface area contributed by atoms with Crippen molar-refractivity contribution in [3.8, 4) is 11.1 Å². The molecule has 0 saturated carbocycles. The largest absolute Gasteiger partial charge is 0.480 e. The van der Waals surface area contributed by atoms with Crippen LogP contribution in [-0.2, 0) is 19.1 Å². The Bertz CT molecular complexity index is 1020. The molecule has 2 atom stereocenters. The molecule has 8 heteroatoms. The molecule has 0 aliphatic heterocycles. The number of rotatable bonds is 10. The zero-order chi connectivity index (χ0) is 25.6. The summed E-state index contributed by atoms with van der Waals surface area (Å²) in [6.45, 7) is 5.98. The van der Waals surface area contributed by atoms with Gasteiger partial charge in [0, 0.05) is 19.6 Å². The van der Waals surface area contributed by atoms with Crippen LogP contribution >= 0.6 is 0 Å². The predicted molar refractivity (Wildman–Crippen MR) is 132 cm³/mol. The van der Waals surface area contributed by atoms with Gasteiger partial charge in [-0.1, -0.05) is 69.3 Å². The summed E-state index contributed by atoms with van der Waals surface area (Å²) in [5.41, 5.74) is 4.30. The van der Waals surface area contributed by atoms with E-state index in [1.165, 1.54) is 7.11 Å². The number of amides is 2. The zero-order valence-electron chi connectivity index (χ0n) is 20.7. The van der Waals surface area contributed by atoms with Gasteiger partial charge in [0.15, 0.2) is 6.04 Å². The van der Waals surface area contributed by atoms with Gasteiger partial charge in [0.25, 0.3) is 0 Å². The second-order valence-corrected chi connectivity index (χ2v) is 10.0. The van der Waals surface area contributed by atoms with Gasteiger partial charge in [0.2, 0.25) is 5.91 Å². The number of carboxylic acid groups (broad SMARTS) is 1. The maximum Gasteiger partial charge on any atom is 0.407 e. The Hall–Kier alpha value is -3.39. The van der Waals surface area contributed by atoms with Crippen LogP contribution in [0.4, 0.5) is 4.79 Å². The number of fused-ring (bicyclic) bond motifs is 3. The Balaban J connectivity index is 1.62. The summed E-state index contributed by atoms with van der Waals surface area (Å²) in [6, 6.07) is 15.0. The third-order valence-corrected chi connectivity index (χ3v) is 6.01. The molecular weight excluding hydrogens is 448 g/mol. The highest BCUT2D eigenvalue weighted by atomic mass is 16.5. The molecule has 0 heterocycles. The molecule has 0 saturated heterocycles. The number of alkyl carbamates (subject to hydrolysis) is 1. The van der Waals surface area contributed by atoms with Crippen molar-refractivity contribution in [2.45, 2.75) is 39.2 Å². The summed E-state index contributed by atoms with van der Waals surface area (Å²) in [5, 5.41) is 14.5. The van der Waals surface area contributed by atoms with E-state index in [1.54, 1.807) is 0 Å². The van der Waals surface area contributed by atoms with Crippen LogP contribution in [0.1, 0.15) is 44.2 Å². The van der Waals surface area contributed by atoms with E-state index in [2.05, 4.69) is 22.8 Å². The fourth-order valence-electron chi connectivity index (χ4n) is 4.48. The Morgan fingerprint density at radius 3 is 2.09 bits per heavy atom. The lowest BCUT2D eigenvalue weighted by Crippen LogP contribution is -2.49. The minimum absolute atomic E-state index is 0.0269. The van der Waals surface area contributed by atoms with E-state index in [0.29, 0.717) is 6.42 Å². The van der Waals surface area contributed by atoms with Crippen LogP contribution < -0.4 is 10.6 Å². The second-order valence-electron chi connectivity index (χ2n) is 10.0. The van der Waals surface area contributed by atoms with Crippen molar-refractivity contribution in [2.24, 2.45) is 11.3 Å². The molecule has 2 aromatic carbocycles. The Kier molecular flexibility index (Phi) is 8.51. The molecule has 0 fully saturated rings. The first-order chi connectivity index (χ1) is 16.6. The number of hydrogen-bond donors (Lipinski definition) is 3. The van der Waals surface area contributed by atoms with Gasteiger partial charge in [-0.05, 0) is 34.1 Å². The minimum atomic E-state index is -1.18. The van der Waals surface area contributed by atoms with Crippen molar-refractivity contribution < 1.29 is 29.0 Å². The number of carbonyl (C=O) groups excluding carboxylic acids is 2. The number of methoxy groups -OCH3 is 1. The van der Waals surface area contributed by atoms with Gasteiger partial charge in [-0.2, -0.15) is 0 Å². The molecule has 1 aliphatic carbocycles. The van der Waals surface area contributed by atoms with Crippen LogP contribution in [0.15, 0.2) is 48.5 Å². The van der Waals surface area contributed by atoms with Crippen molar-refractivity contribution in [3.63, 3.8) is 0 Å². The Morgan fingerprint density at radius 1 is 1.00 bits per heavy atom. The van der Waals surface area contributed by atoms with E-state index in [1.807, 2.05) is 57.2 Å². The van der Waals surface area contributed by atoms with E-state index in [-0.39, 0.29) is 31.1 Å². The molecule has 3 N–H and O–H groups in total. The molecule has 2 unspecified atom stereocenters. The topological polar surface area (TPSA) is 114 Å². The molecule has 35 heavy (non-hydrogen) atoms. The summed E-state index contributed by atoms with van der Waals surface area (Å²) in [6.07, 6.45) is -0.174. The number of ether oxygens (including phenoxy) is 2. The molecule has 2 amide bonds. The fraction of sp³-hybridized carbons (Fsp3) is 0.444. The van der Waals surface area contributed by atoms with Gasteiger partial charge in [-0.25, -0.2) is 9.59 Å². The molecule has 3 rings (SSSR count). The van der Waals surface area contributed by atoms with Crippen LogP contribution in [0.2, 0.25) is 0 Å². The summed E-state index contributed by atoms with van der Waals surface area (Å²) < 4.78 is 10.5. The van der Waals surface area contributed by atoms with Gasteiger partial charge >= 0.3 is 12.1 Å². The zero-order valence-corrected chi connectivity index (χ0v) is 20.7. The van der Waals surface area contributed by atoms with Crippen molar-refractivity contribution in [2.75, 3.05) is 26.9 Å². The summed E-state index contributed by atoms with van der Waals surface area (Å²) in [7, 11) is 1.37. The number of nitrogens with one attached hydrogen (secondary N) is 2. The van der Waals surface area contributed by atoms with E-state index in [9.17, 15) is 19.5 Å². The van der Waals surface area contributed by atoms with Crippen molar-refractivity contribution in [1.82, 2.24) is 10.6 Å². The lowest BCUT2D eigenvalue weighted by atomic mass is 9.84. The standard InChI is InChI=1S/C27H34N2O6/c1-27(2,3)13-17(24(30)29-23(16-34-4)25(31)32)14-28-26(33)35-15-22-20-11-7-5-9-18(20)19-10-6-8-12-21(19)22/h5-12,17,22-23H,13-16H2,1-4H3,(H,28,33)(H,29,30)(H,31,32). The molecular formula is C27H34N2O6. The lowest BCUT2D eigenvalue weighted by Gasteiger charge is -2.26. The molecule has 0 aromatic heterocycles. The monoisotopic (exact) mass is 482 g/mol. The average Bonchev–Trinajstić information content (AvgIpc) is 3.13. The average molecular weight is 483 g/mol. The molecule has 188 valence electrons. The van der Waals surface area contributed by atoms with Crippen molar-refractivity contribution in [3.05, 3.63) is 59.7 Å². The molecule has 0 radical (unpaired) electrons. The van der Waals surface area contributed by atoms with Gasteiger partial charge < -0.3 is 25.2 Å². The van der Waals surface area contributed by atoms with E-state index in [0.717, 1.165) is 22.3 Å². The third-order valence-electron chi connectivity index (χ3n) is 6.01. The molecule has 0 bridgehead atoms. The summed E-state index contributed by atoms with van der Waals surface area (Å²) in [4.78, 5) is 36.8. The normalized spacial score (nSPS) is 14.4. The lowest BCUT2D eigenvalue weighted by molar-refractivity contribution is -0.144. The van der Waals surface area contributed by atoms with Gasteiger partial charge in [0.1, 0.15) is 6.61 Å².